The van der Waals surface area contributed by atoms with Crippen molar-refractivity contribution in [2.75, 3.05) is 19.6 Å². The lowest BCUT2D eigenvalue weighted by molar-refractivity contribution is 0.0921. The van der Waals surface area contributed by atoms with E-state index in [1.165, 1.54) is 0 Å². The molecule has 1 aromatic carbocycles. The Kier molecular flexibility index (Phi) is 6.02. The summed E-state index contributed by atoms with van der Waals surface area (Å²) in [4.78, 5) is 12.7. The summed E-state index contributed by atoms with van der Waals surface area (Å²) in [6, 6.07) is 9.66. The van der Waals surface area contributed by atoms with Gasteiger partial charge in [0.2, 0.25) is 0 Å². The Labute approximate surface area is 148 Å². The van der Waals surface area contributed by atoms with E-state index in [1.54, 1.807) is 6.92 Å². The molecule has 1 saturated heterocycles. The topological polar surface area (TPSA) is 67.2 Å². The normalized spacial score (nSPS) is 16.2. The number of nitrogens with zero attached hydrogens (tertiary/aromatic N) is 1. The monoisotopic (exact) mass is 349 g/mol. The van der Waals surface area contributed by atoms with E-state index in [0.717, 1.165) is 31.5 Å². The van der Waals surface area contributed by atoms with E-state index in [0.29, 0.717) is 23.6 Å². The lowest BCUT2D eigenvalue weighted by Gasteiger charge is -2.34. The molecule has 5 nitrogen and oxygen atoms in total. The van der Waals surface area contributed by atoms with E-state index in [-0.39, 0.29) is 23.7 Å². The van der Waals surface area contributed by atoms with Crippen LogP contribution in [0.1, 0.15) is 35.9 Å². The van der Waals surface area contributed by atoms with E-state index in [4.69, 9.17) is 4.52 Å². The highest BCUT2D eigenvalue weighted by molar-refractivity contribution is 6.00. The van der Waals surface area contributed by atoms with Gasteiger partial charge in [0, 0.05) is 12.1 Å². The van der Waals surface area contributed by atoms with Gasteiger partial charge in [-0.2, -0.15) is 0 Å². The zero-order valence-electron chi connectivity index (χ0n) is 14.1. The van der Waals surface area contributed by atoms with Crippen molar-refractivity contribution >= 4 is 18.3 Å². The van der Waals surface area contributed by atoms with Crippen LogP contribution in [0.4, 0.5) is 0 Å². The van der Waals surface area contributed by atoms with Crippen molar-refractivity contribution in [3.05, 3.63) is 41.7 Å². The summed E-state index contributed by atoms with van der Waals surface area (Å²) in [5, 5.41) is 10.5. The van der Waals surface area contributed by atoms with Crippen LogP contribution in [0.15, 0.2) is 34.9 Å². The second kappa shape index (κ2) is 7.81. The van der Waals surface area contributed by atoms with Gasteiger partial charge in [-0.15, -0.1) is 12.4 Å². The van der Waals surface area contributed by atoms with Crippen LogP contribution < -0.4 is 10.6 Å². The Balaban J connectivity index is 0.00000208. The van der Waals surface area contributed by atoms with E-state index in [9.17, 15) is 4.79 Å². The molecule has 1 amide bonds. The van der Waals surface area contributed by atoms with Gasteiger partial charge < -0.3 is 15.2 Å². The number of hydrogen-bond donors (Lipinski definition) is 2. The van der Waals surface area contributed by atoms with Crippen molar-refractivity contribution in [2.24, 2.45) is 5.41 Å². The highest BCUT2D eigenvalue weighted by Gasteiger charge is 2.28. The summed E-state index contributed by atoms with van der Waals surface area (Å²) in [6.07, 6.45) is 2.14. The van der Waals surface area contributed by atoms with Gasteiger partial charge in [0.1, 0.15) is 17.0 Å². The molecule has 0 bridgehead atoms. The van der Waals surface area contributed by atoms with E-state index >= 15 is 0 Å². The SMILES string of the molecule is Cc1onc(-c2ccccc2)c1C(=O)NCC1(C)CCNCC1.Cl. The minimum Gasteiger partial charge on any atom is -0.360 e. The fraction of sp³-hybridized carbons (Fsp3) is 0.444. The molecular weight excluding hydrogens is 326 g/mol. The van der Waals surface area contributed by atoms with E-state index in [1.807, 2.05) is 30.3 Å². The highest BCUT2D eigenvalue weighted by atomic mass is 35.5. The first-order valence-corrected chi connectivity index (χ1v) is 8.10. The summed E-state index contributed by atoms with van der Waals surface area (Å²) in [5.41, 5.74) is 2.19. The van der Waals surface area contributed by atoms with Crippen LogP contribution >= 0.6 is 12.4 Å². The summed E-state index contributed by atoms with van der Waals surface area (Å²) in [5.74, 6) is 0.444. The smallest absolute Gasteiger partial charge is 0.257 e. The number of aryl methyl sites for hydroxylation is 1. The second-order valence-corrected chi connectivity index (χ2v) is 6.57. The van der Waals surface area contributed by atoms with Gasteiger partial charge in [-0.3, -0.25) is 4.79 Å². The molecule has 24 heavy (non-hydrogen) atoms. The number of carbonyl (C=O) groups excluding carboxylic acids is 1. The maximum atomic E-state index is 12.7. The van der Waals surface area contributed by atoms with Crippen molar-refractivity contribution in [3.63, 3.8) is 0 Å². The van der Waals surface area contributed by atoms with Gasteiger partial charge in [-0.25, -0.2) is 0 Å². The fourth-order valence-electron chi connectivity index (χ4n) is 3.02. The first-order valence-electron chi connectivity index (χ1n) is 8.10. The van der Waals surface area contributed by atoms with Gasteiger partial charge in [-0.1, -0.05) is 42.4 Å². The first-order chi connectivity index (χ1) is 11.1. The van der Waals surface area contributed by atoms with Crippen LogP contribution in [-0.4, -0.2) is 30.7 Å². The van der Waals surface area contributed by atoms with Crippen molar-refractivity contribution in [1.29, 1.82) is 0 Å². The number of benzene rings is 1. The molecule has 2 aromatic rings. The summed E-state index contributed by atoms with van der Waals surface area (Å²) >= 11 is 0. The van der Waals surface area contributed by atoms with Gasteiger partial charge in [0.05, 0.1) is 0 Å². The summed E-state index contributed by atoms with van der Waals surface area (Å²) in [7, 11) is 0. The Morgan fingerprint density at radius 1 is 1.29 bits per heavy atom. The van der Waals surface area contributed by atoms with Crippen LogP contribution in [0.3, 0.4) is 0 Å². The maximum Gasteiger partial charge on any atom is 0.257 e. The zero-order valence-corrected chi connectivity index (χ0v) is 14.9. The van der Waals surface area contributed by atoms with Crippen LogP contribution in [0.25, 0.3) is 11.3 Å². The number of halogens is 1. The molecule has 0 atom stereocenters. The molecule has 0 aliphatic carbocycles. The largest absolute Gasteiger partial charge is 0.360 e. The average molecular weight is 350 g/mol. The standard InChI is InChI=1S/C18H23N3O2.ClH/c1-13-15(16(21-23-13)14-6-4-3-5-7-14)17(22)20-12-18(2)8-10-19-11-9-18;/h3-7,19H,8-12H2,1-2H3,(H,20,22);1H. The Bertz CT molecular complexity index is 679. The lowest BCUT2D eigenvalue weighted by atomic mass is 9.81. The molecule has 1 aliphatic heterocycles. The van der Waals surface area contributed by atoms with Crippen molar-refractivity contribution in [3.8, 4) is 11.3 Å². The average Bonchev–Trinajstić information content (AvgIpc) is 2.96. The molecule has 2 N–H and O–H groups in total. The van der Waals surface area contributed by atoms with Crippen LogP contribution in [-0.2, 0) is 0 Å². The van der Waals surface area contributed by atoms with Gasteiger partial charge in [-0.05, 0) is 38.3 Å². The Hall–Kier alpha value is -1.85. The van der Waals surface area contributed by atoms with Crippen LogP contribution in [0, 0.1) is 12.3 Å². The van der Waals surface area contributed by atoms with Crippen molar-refractivity contribution in [2.45, 2.75) is 26.7 Å². The predicted octanol–water partition coefficient (Wildman–Crippen LogP) is 3.19. The summed E-state index contributed by atoms with van der Waals surface area (Å²) < 4.78 is 5.27. The third kappa shape index (κ3) is 3.97. The van der Waals surface area contributed by atoms with Gasteiger partial charge in [0.25, 0.3) is 5.91 Å². The molecule has 0 spiro atoms. The lowest BCUT2D eigenvalue weighted by Crippen LogP contribution is -2.43. The third-order valence-corrected chi connectivity index (χ3v) is 4.62. The predicted molar refractivity (Wildman–Crippen MR) is 96.5 cm³/mol. The molecule has 0 radical (unpaired) electrons. The van der Waals surface area contributed by atoms with Crippen molar-refractivity contribution in [1.82, 2.24) is 15.8 Å². The molecule has 3 rings (SSSR count). The molecule has 1 aromatic heterocycles. The number of rotatable bonds is 4. The number of amides is 1. The van der Waals surface area contributed by atoms with E-state index in [2.05, 4.69) is 22.7 Å². The minimum atomic E-state index is -0.109. The molecule has 2 heterocycles. The fourth-order valence-corrected chi connectivity index (χ4v) is 3.02. The Morgan fingerprint density at radius 3 is 2.62 bits per heavy atom. The number of hydrogen-bond acceptors (Lipinski definition) is 4. The summed E-state index contributed by atoms with van der Waals surface area (Å²) in [6.45, 7) is 6.70. The van der Waals surface area contributed by atoms with E-state index < -0.39 is 0 Å². The van der Waals surface area contributed by atoms with Crippen LogP contribution in [0.5, 0.6) is 0 Å². The molecule has 130 valence electrons. The molecule has 1 fully saturated rings. The quantitative estimate of drug-likeness (QED) is 0.889. The highest BCUT2D eigenvalue weighted by Crippen LogP contribution is 2.28. The van der Waals surface area contributed by atoms with Crippen LogP contribution in [0.2, 0.25) is 0 Å². The first kappa shape index (κ1) is 18.5. The number of carbonyl (C=O) groups is 1. The molecular formula is C18H24ClN3O2. The molecule has 0 unspecified atom stereocenters. The second-order valence-electron chi connectivity index (χ2n) is 6.57. The third-order valence-electron chi connectivity index (χ3n) is 4.62. The Morgan fingerprint density at radius 2 is 1.96 bits per heavy atom. The number of aromatic nitrogens is 1. The minimum absolute atomic E-state index is 0. The molecule has 1 aliphatic rings. The number of nitrogens with one attached hydrogen (secondary N) is 2. The zero-order chi connectivity index (χ0) is 16.3. The maximum absolute atomic E-state index is 12.7. The van der Waals surface area contributed by atoms with Crippen molar-refractivity contribution < 1.29 is 9.32 Å². The van der Waals surface area contributed by atoms with Gasteiger partial charge in [0.15, 0.2) is 0 Å². The molecule has 0 saturated carbocycles. The van der Waals surface area contributed by atoms with Gasteiger partial charge >= 0.3 is 0 Å². The molecule has 6 heteroatoms. The number of piperidine rings is 1.